The Labute approximate surface area is 173 Å². The van der Waals surface area contributed by atoms with Crippen molar-refractivity contribution in [1.29, 1.82) is 0 Å². The first-order chi connectivity index (χ1) is 13.9. The second-order valence-electron chi connectivity index (χ2n) is 7.10. The zero-order chi connectivity index (χ0) is 20.9. The van der Waals surface area contributed by atoms with Gasteiger partial charge in [0.2, 0.25) is 0 Å². The molecule has 1 N–H and O–H groups in total. The number of carbonyl (C=O) groups is 1. The number of hydrogen-bond acceptors (Lipinski definition) is 4. The number of ether oxygens (including phenoxy) is 2. The van der Waals surface area contributed by atoms with Crippen molar-refractivity contribution in [3.63, 3.8) is 0 Å². The number of hydrogen-bond donors (Lipinski definition) is 1. The van der Waals surface area contributed by atoms with Crippen molar-refractivity contribution in [2.24, 2.45) is 0 Å². The lowest BCUT2D eigenvalue weighted by Crippen LogP contribution is -2.18. The van der Waals surface area contributed by atoms with Gasteiger partial charge in [0.25, 0.3) is 0 Å². The number of aromatic carboxylic acids is 1. The lowest BCUT2D eigenvalue weighted by Gasteiger charge is -2.29. The Kier molecular flexibility index (Phi) is 4.74. The van der Waals surface area contributed by atoms with Crippen LogP contribution in [0.5, 0.6) is 11.5 Å². The van der Waals surface area contributed by atoms with Crippen molar-refractivity contribution in [3.8, 4) is 33.9 Å². The van der Waals surface area contributed by atoms with Crippen molar-refractivity contribution in [1.82, 2.24) is 9.55 Å². The molecule has 0 fully saturated rings. The minimum atomic E-state index is -0.986. The van der Waals surface area contributed by atoms with Crippen LogP contribution in [0.25, 0.3) is 22.4 Å². The van der Waals surface area contributed by atoms with Gasteiger partial charge in [0.15, 0.2) is 11.5 Å². The van der Waals surface area contributed by atoms with E-state index in [-0.39, 0.29) is 11.6 Å². The van der Waals surface area contributed by atoms with Crippen LogP contribution in [-0.2, 0) is 6.42 Å². The number of methoxy groups -OCH3 is 2. The summed E-state index contributed by atoms with van der Waals surface area (Å²) in [6.07, 6.45) is 3.99. The fraction of sp³-hybridized carbons (Fsp3) is 0.273. The zero-order valence-corrected chi connectivity index (χ0v) is 17.4. The number of nitrogens with zero attached hydrogens (tertiary/aromatic N) is 2. The lowest BCUT2D eigenvalue weighted by atomic mass is 9.91. The summed E-state index contributed by atoms with van der Waals surface area (Å²) in [6, 6.07) is 5.50. The molecule has 0 spiro atoms. The van der Waals surface area contributed by atoms with Gasteiger partial charge in [-0.1, -0.05) is 11.6 Å². The minimum Gasteiger partial charge on any atom is -0.493 e. The Balaban J connectivity index is 2.13. The van der Waals surface area contributed by atoms with Gasteiger partial charge in [-0.3, -0.25) is 4.98 Å². The van der Waals surface area contributed by atoms with E-state index in [1.807, 2.05) is 25.1 Å². The molecule has 7 heteroatoms. The molecule has 3 aromatic rings. The second kappa shape index (κ2) is 7.12. The molecule has 0 aliphatic carbocycles. The number of halogens is 1. The Hall–Kier alpha value is -2.99. The summed E-state index contributed by atoms with van der Waals surface area (Å²) in [5, 5.41) is 10.6. The molecule has 1 aliphatic heterocycles. The molecule has 0 radical (unpaired) electrons. The molecule has 1 unspecified atom stereocenters. The third-order valence-electron chi connectivity index (χ3n) is 5.54. The number of pyridine rings is 1. The Morgan fingerprint density at radius 3 is 2.55 bits per heavy atom. The first-order valence-electron chi connectivity index (χ1n) is 9.22. The summed E-state index contributed by atoms with van der Waals surface area (Å²) in [5.74, 6) is -0.0549. The molecular weight excluding hydrogens is 392 g/mol. The van der Waals surface area contributed by atoms with Gasteiger partial charge in [0, 0.05) is 35.3 Å². The van der Waals surface area contributed by atoms with Crippen LogP contribution in [0.15, 0.2) is 30.6 Å². The fourth-order valence-corrected chi connectivity index (χ4v) is 4.74. The van der Waals surface area contributed by atoms with E-state index >= 15 is 0 Å². The standard InChI is InChI=1S/C22H21ClN2O4/c1-11-9-14-15(10-16(28-3)21(29-4)19(14)23)20-18(22(26)27)17(12(2)25(11)20)13-5-7-24-8-6-13/h5-8,10-11H,9H2,1-4H3,(H,26,27). The largest absolute Gasteiger partial charge is 0.493 e. The van der Waals surface area contributed by atoms with E-state index in [0.29, 0.717) is 34.2 Å². The maximum absolute atomic E-state index is 12.4. The van der Waals surface area contributed by atoms with Crippen molar-refractivity contribution < 1.29 is 19.4 Å². The molecule has 1 aromatic carbocycles. The van der Waals surface area contributed by atoms with Crippen LogP contribution < -0.4 is 9.47 Å². The predicted molar refractivity (Wildman–Crippen MR) is 111 cm³/mol. The third-order valence-corrected chi connectivity index (χ3v) is 5.94. The van der Waals surface area contributed by atoms with E-state index in [1.165, 1.54) is 7.11 Å². The Morgan fingerprint density at radius 2 is 1.97 bits per heavy atom. The van der Waals surface area contributed by atoms with Crippen LogP contribution >= 0.6 is 11.6 Å². The molecule has 1 aliphatic rings. The van der Waals surface area contributed by atoms with Gasteiger partial charge in [-0.05, 0) is 49.6 Å². The Morgan fingerprint density at radius 1 is 1.28 bits per heavy atom. The van der Waals surface area contributed by atoms with Crippen LogP contribution in [0.3, 0.4) is 0 Å². The molecule has 3 heterocycles. The fourth-order valence-electron chi connectivity index (χ4n) is 4.39. The summed E-state index contributed by atoms with van der Waals surface area (Å²) in [6.45, 7) is 4.02. The maximum Gasteiger partial charge on any atom is 0.338 e. The molecule has 2 aromatic heterocycles. The Bertz CT molecular complexity index is 1120. The average molecular weight is 413 g/mol. The van der Waals surface area contributed by atoms with Crippen molar-refractivity contribution in [3.05, 3.63) is 52.4 Å². The van der Waals surface area contributed by atoms with Gasteiger partial charge in [0.1, 0.15) is 0 Å². The van der Waals surface area contributed by atoms with Gasteiger partial charge in [-0.2, -0.15) is 0 Å². The lowest BCUT2D eigenvalue weighted by molar-refractivity contribution is 0.0698. The number of benzene rings is 1. The SMILES string of the molecule is COc1cc2c(c(Cl)c1OC)CC(C)n1c(C)c(-c3ccncc3)c(C(=O)O)c1-2. The molecular formula is C22H21ClN2O4. The molecule has 0 bridgehead atoms. The van der Waals surface area contributed by atoms with Gasteiger partial charge < -0.3 is 19.1 Å². The number of carboxylic acids is 1. The molecule has 0 saturated carbocycles. The highest BCUT2D eigenvalue weighted by molar-refractivity contribution is 6.33. The summed E-state index contributed by atoms with van der Waals surface area (Å²) < 4.78 is 13.0. The minimum absolute atomic E-state index is 0.0294. The normalized spacial score (nSPS) is 14.9. The van der Waals surface area contributed by atoms with E-state index in [4.69, 9.17) is 21.1 Å². The van der Waals surface area contributed by atoms with Gasteiger partial charge in [-0.15, -0.1) is 0 Å². The zero-order valence-electron chi connectivity index (χ0n) is 16.6. The van der Waals surface area contributed by atoms with Crippen molar-refractivity contribution >= 4 is 17.6 Å². The average Bonchev–Trinajstić information content (AvgIpc) is 3.03. The number of carboxylic acid groups (broad SMARTS) is 1. The third kappa shape index (κ3) is 2.78. The number of rotatable bonds is 4. The quantitative estimate of drug-likeness (QED) is 0.651. The van der Waals surface area contributed by atoms with Crippen LogP contribution in [-0.4, -0.2) is 34.8 Å². The highest BCUT2D eigenvalue weighted by atomic mass is 35.5. The van der Waals surface area contributed by atoms with Crippen molar-refractivity contribution in [2.45, 2.75) is 26.3 Å². The van der Waals surface area contributed by atoms with Crippen LogP contribution in [0.2, 0.25) is 5.02 Å². The second-order valence-corrected chi connectivity index (χ2v) is 7.48. The monoisotopic (exact) mass is 412 g/mol. The smallest absolute Gasteiger partial charge is 0.338 e. The highest BCUT2D eigenvalue weighted by Gasteiger charge is 2.35. The molecule has 6 nitrogen and oxygen atoms in total. The summed E-state index contributed by atoms with van der Waals surface area (Å²) in [5.41, 5.74) is 4.92. The van der Waals surface area contributed by atoms with E-state index in [1.54, 1.807) is 19.5 Å². The molecule has 150 valence electrons. The number of aromatic nitrogens is 2. The van der Waals surface area contributed by atoms with E-state index < -0.39 is 5.97 Å². The van der Waals surface area contributed by atoms with Gasteiger partial charge >= 0.3 is 5.97 Å². The van der Waals surface area contributed by atoms with Crippen LogP contribution in [0.4, 0.5) is 0 Å². The summed E-state index contributed by atoms with van der Waals surface area (Å²) in [7, 11) is 3.08. The highest BCUT2D eigenvalue weighted by Crippen LogP contribution is 2.50. The van der Waals surface area contributed by atoms with E-state index in [9.17, 15) is 9.90 Å². The van der Waals surface area contributed by atoms with Gasteiger partial charge in [0.05, 0.1) is 30.5 Å². The van der Waals surface area contributed by atoms with Gasteiger partial charge in [-0.25, -0.2) is 4.79 Å². The van der Waals surface area contributed by atoms with Crippen LogP contribution in [0.1, 0.15) is 34.6 Å². The molecule has 0 saturated heterocycles. The maximum atomic E-state index is 12.4. The first kappa shape index (κ1) is 19.3. The van der Waals surface area contributed by atoms with Crippen LogP contribution in [0, 0.1) is 6.92 Å². The van der Waals surface area contributed by atoms with E-state index in [0.717, 1.165) is 22.4 Å². The molecule has 4 rings (SSSR count). The summed E-state index contributed by atoms with van der Waals surface area (Å²) in [4.78, 5) is 16.5. The topological polar surface area (TPSA) is 73.6 Å². The molecule has 29 heavy (non-hydrogen) atoms. The van der Waals surface area contributed by atoms with Crippen molar-refractivity contribution in [2.75, 3.05) is 14.2 Å². The molecule has 0 amide bonds. The molecule has 1 atom stereocenters. The first-order valence-corrected chi connectivity index (χ1v) is 9.60. The predicted octanol–water partition coefficient (Wildman–Crippen LogP) is 5.01. The van der Waals surface area contributed by atoms with E-state index in [2.05, 4.69) is 16.5 Å². The number of fused-ring (bicyclic) bond motifs is 3. The summed E-state index contributed by atoms with van der Waals surface area (Å²) >= 11 is 6.67.